The number of allylic oxidation sites excluding steroid dienone is 2. The van der Waals surface area contributed by atoms with Gasteiger partial charge in [0, 0.05) is 0 Å². The molecular weight excluding hydrogens is 319 g/mol. The molecule has 2 rings (SSSR count). The summed E-state index contributed by atoms with van der Waals surface area (Å²) in [5.74, 6) is 0.394. The van der Waals surface area contributed by atoms with Gasteiger partial charge in [0.1, 0.15) is 0 Å². The average molecular weight is 327 g/mol. The first kappa shape index (κ1) is 8.72. The molecule has 60 valence electrons. The molecule has 0 spiro atoms. The van der Waals surface area contributed by atoms with Crippen molar-refractivity contribution in [2.75, 3.05) is 0 Å². The van der Waals surface area contributed by atoms with Crippen molar-refractivity contribution in [3.05, 3.63) is 36.5 Å². The Kier molecular flexibility index (Phi) is 2.66. The number of hydrogen-bond acceptors (Lipinski definition) is 1. The summed E-state index contributed by atoms with van der Waals surface area (Å²) in [6.07, 6.45) is 11.1. The van der Waals surface area contributed by atoms with Crippen LogP contribution in [0.25, 0.3) is 0 Å². The fourth-order valence-electron chi connectivity index (χ4n) is 1.27. The molecule has 0 saturated heterocycles. The zero-order chi connectivity index (χ0) is 6.97. The molecule has 0 saturated carbocycles. The van der Waals surface area contributed by atoms with Crippen molar-refractivity contribution in [2.24, 2.45) is 10.9 Å². The first-order chi connectivity index (χ1) is 4.88. The number of hydrogen-bond donors (Lipinski definition) is 0. The first-order valence-electron chi connectivity index (χ1n) is 3.37. The van der Waals surface area contributed by atoms with Crippen LogP contribution in [-0.4, -0.2) is 12.3 Å². The maximum Gasteiger partial charge on any atom is 1.00 e. The summed E-state index contributed by atoms with van der Waals surface area (Å²) in [5.41, 5.74) is 1.01. The summed E-state index contributed by atoms with van der Waals surface area (Å²) in [6, 6.07) is 0.289. The third-order valence-corrected chi connectivity index (χ3v) is 1.87. The molecule has 1 nitrogen and oxygen atoms in total. The van der Waals surface area contributed by atoms with Gasteiger partial charge in [0.25, 0.3) is 0 Å². The second-order valence-electron chi connectivity index (χ2n) is 2.55. The molecule has 2 unspecified atom stereocenters. The Hall–Kier alpha value is -0.370. The monoisotopic (exact) mass is 327 g/mol. The van der Waals surface area contributed by atoms with Crippen LogP contribution >= 0.6 is 0 Å². The topological polar surface area (TPSA) is 12.4 Å². The van der Waals surface area contributed by atoms with E-state index in [1.54, 1.807) is 0 Å². The van der Waals surface area contributed by atoms with Gasteiger partial charge in [0.2, 0.25) is 0 Å². The molecule has 0 fully saturated rings. The fraction of sp³-hybridized carbons (Fsp3) is 0.222. The molecule has 0 aromatic heterocycles. The predicted octanol–water partition coefficient (Wildman–Crippen LogP) is 1.61. The van der Waals surface area contributed by atoms with E-state index < -0.39 is 0 Å². The van der Waals surface area contributed by atoms with E-state index in [0.29, 0.717) is 5.92 Å². The van der Waals surface area contributed by atoms with Crippen molar-refractivity contribution in [2.45, 2.75) is 6.04 Å². The van der Waals surface area contributed by atoms with Crippen molar-refractivity contribution in [1.82, 2.24) is 0 Å². The minimum atomic E-state index is 0. The molecule has 1 heterocycles. The van der Waals surface area contributed by atoms with Crippen molar-refractivity contribution < 1.29 is 22.4 Å². The number of rotatable bonds is 0. The molecule has 2 heteroatoms. The van der Waals surface area contributed by atoms with Crippen LogP contribution in [0.15, 0.2) is 41.4 Å². The summed E-state index contributed by atoms with van der Waals surface area (Å²) >= 11 is 0. The second-order valence-corrected chi connectivity index (χ2v) is 2.55. The van der Waals surface area contributed by atoms with E-state index in [9.17, 15) is 0 Å². The second kappa shape index (κ2) is 3.35. The van der Waals surface area contributed by atoms with E-state index in [4.69, 9.17) is 0 Å². The SMILES string of the molecule is C=C1[C-]=NC2C=CC=CC12.[Au+]. The largest absolute Gasteiger partial charge is 1.00 e. The Bertz CT molecular complexity index is 248. The zero-order valence-corrected chi connectivity index (χ0v) is 8.09. The van der Waals surface area contributed by atoms with Crippen molar-refractivity contribution in [1.29, 1.82) is 0 Å². The van der Waals surface area contributed by atoms with Crippen LogP contribution in [0, 0.1) is 5.92 Å². The van der Waals surface area contributed by atoms with Crippen LogP contribution in [0.4, 0.5) is 0 Å². The summed E-state index contributed by atoms with van der Waals surface area (Å²) < 4.78 is 0. The maximum atomic E-state index is 4.15. The molecule has 1 aliphatic carbocycles. The summed E-state index contributed by atoms with van der Waals surface area (Å²) in [7, 11) is 0. The van der Waals surface area contributed by atoms with E-state index in [2.05, 4.69) is 29.9 Å². The average Bonchev–Trinajstić information content (AvgIpc) is 2.34. The Morgan fingerprint density at radius 1 is 1.36 bits per heavy atom. The first-order valence-corrected chi connectivity index (χ1v) is 3.37. The summed E-state index contributed by atoms with van der Waals surface area (Å²) in [6.45, 7) is 3.85. The van der Waals surface area contributed by atoms with Crippen molar-refractivity contribution in [3.8, 4) is 0 Å². The Labute approximate surface area is 82.1 Å². The normalized spacial score (nSPS) is 31.8. The Balaban J connectivity index is 0.000000605. The van der Waals surface area contributed by atoms with Crippen LogP contribution in [0.3, 0.4) is 0 Å². The van der Waals surface area contributed by atoms with Crippen LogP contribution < -0.4 is 0 Å². The van der Waals surface area contributed by atoms with E-state index in [-0.39, 0.29) is 28.4 Å². The Morgan fingerprint density at radius 3 is 2.82 bits per heavy atom. The molecule has 0 N–H and O–H groups in total. The van der Waals surface area contributed by atoms with Gasteiger partial charge in [-0.1, -0.05) is 24.3 Å². The van der Waals surface area contributed by atoms with E-state index in [1.165, 1.54) is 0 Å². The van der Waals surface area contributed by atoms with Crippen LogP contribution in [0.5, 0.6) is 0 Å². The van der Waals surface area contributed by atoms with Crippen molar-refractivity contribution >= 4 is 6.21 Å². The van der Waals surface area contributed by atoms with Gasteiger partial charge in [0.05, 0.1) is 6.04 Å². The van der Waals surface area contributed by atoms with Gasteiger partial charge >= 0.3 is 22.4 Å². The molecule has 0 amide bonds. The number of fused-ring (bicyclic) bond motifs is 1. The van der Waals surface area contributed by atoms with Crippen LogP contribution in [-0.2, 0) is 22.4 Å². The molecule has 2 aliphatic rings. The number of nitrogens with zero attached hydrogens (tertiary/aromatic N) is 1. The van der Waals surface area contributed by atoms with Gasteiger partial charge in [-0.25, -0.2) is 6.58 Å². The van der Waals surface area contributed by atoms with Crippen LogP contribution in [0.2, 0.25) is 0 Å². The van der Waals surface area contributed by atoms with E-state index >= 15 is 0 Å². The minimum Gasteiger partial charge on any atom is -0.387 e. The molecular formula is C9H8AuN. The quantitative estimate of drug-likeness (QED) is 0.474. The number of aliphatic imine (C=N–C) groups is 1. The molecule has 0 aromatic carbocycles. The van der Waals surface area contributed by atoms with Gasteiger partial charge in [-0.05, 0) is 5.92 Å². The fourth-order valence-corrected chi connectivity index (χ4v) is 1.27. The molecule has 11 heavy (non-hydrogen) atoms. The van der Waals surface area contributed by atoms with Gasteiger partial charge in [0.15, 0.2) is 0 Å². The molecule has 1 aliphatic heterocycles. The standard InChI is InChI=1S/C9H8N.Au/c1-7-6-10-9-5-3-2-4-8(7)9;/h2-5,8-9H,1H2;/q-1;+1. The molecule has 2 atom stereocenters. The predicted molar refractivity (Wildman–Crippen MR) is 42.1 cm³/mol. The molecule has 0 radical (unpaired) electrons. The zero-order valence-electron chi connectivity index (χ0n) is 5.92. The van der Waals surface area contributed by atoms with E-state index in [1.807, 2.05) is 12.2 Å². The third kappa shape index (κ3) is 1.46. The molecule has 0 bridgehead atoms. The summed E-state index contributed by atoms with van der Waals surface area (Å²) in [5, 5.41) is 0. The van der Waals surface area contributed by atoms with Gasteiger partial charge in [-0.3, -0.25) is 0 Å². The smallest absolute Gasteiger partial charge is 0.387 e. The van der Waals surface area contributed by atoms with Gasteiger partial charge < -0.3 is 4.99 Å². The minimum absolute atomic E-state index is 0. The van der Waals surface area contributed by atoms with Crippen molar-refractivity contribution in [3.63, 3.8) is 0 Å². The van der Waals surface area contributed by atoms with Gasteiger partial charge in [-0.15, -0.1) is 6.21 Å². The van der Waals surface area contributed by atoms with Crippen LogP contribution in [0.1, 0.15) is 0 Å². The van der Waals surface area contributed by atoms with Gasteiger partial charge in [-0.2, -0.15) is 5.57 Å². The maximum absolute atomic E-state index is 4.15. The summed E-state index contributed by atoms with van der Waals surface area (Å²) in [4.78, 5) is 4.15. The molecule has 0 aromatic rings. The van der Waals surface area contributed by atoms with E-state index in [0.717, 1.165) is 5.57 Å². The Morgan fingerprint density at radius 2 is 2.09 bits per heavy atom. The third-order valence-electron chi connectivity index (χ3n) is 1.87.